The van der Waals surface area contributed by atoms with E-state index in [4.69, 9.17) is 10.4 Å². The Morgan fingerprint density at radius 1 is 1.48 bits per heavy atom. The fourth-order valence-corrected chi connectivity index (χ4v) is 1.90. The van der Waals surface area contributed by atoms with E-state index in [9.17, 15) is 4.79 Å². The van der Waals surface area contributed by atoms with Gasteiger partial charge in [0.05, 0.1) is 24.2 Å². The van der Waals surface area contributed by atoms with Gasteiger partial charge in [-0.2, -0.15) is 5.26 Å². The SMILES string of the molecule is Cc1ccc(C(=O)N(C)CC(C)C#N)c(C#CCCO)c1. The molecule has 1 unspecified atom stereocenters. The van der Waals surface area contributed by atoms with Gasteiger partial charge in [0, 0.05) is 25.6 Å². The molecule has 0 bridgehead atoms. The van der Waals surface area contributed by atoms with Crippen LogP contribution in [0.2, 0.25) is 0 Å². The van der Waals surface area contributed by atoms with E-state index in [1.165, 1.54) is 4.90 Å². The van der Waals surface area contributed by atoms with Gasteiger partial charge in [0.25, 0.3) is 5.91 Å². The summed E-state index contributed by atoms with van der Waals surface area (Å²) in [6.45, 7) is 4.10. The van der Waals surface area contributed by atoms with Gasteiger partial charge in [-0.15, -0.1) is 0 Å². The maximum absolute atomic E-state index is 12.5. The van der Waals surface area contributed by atoms with Gasteiger partial charge in [-0.3, -0.25) is 4.79 Å². The summed E-state index contributed by atoms with van der Waals surface area (Å²) >= 11 is 0. The lowest BCUT2D eigenvalue weighted by Crippen LogP contribution is -2.31. The lowest BCUT2D eigenvalue weighted by molar-refractivity contribution is 0.0785. The summed E-state index contributed by atoms with van der Waals surface area (Å²) in [5.74, 6) is 5.41. The Kier molecular flexibility index (Phi) is 6.46. The van der Waals surface area contributed by atoms with E-state index < -0.39 is 0 Å². The predicted molar refractivity (Wildman–Crippen MR) is 81.5 cm³/mol. The molecule has 0 heterocycles. The molecule has 0 radical (unpaired) electrons. The van der Waals surface area contributed by atoms with Crippen molar-refractivity contribution in [2.75, 3.05) is 20.2 Å². The van der Waals surface area contributed by atoms with E-state index in [0.29, 0.717) is 24.1 Å². The van der Waals surface area contributed by atoms with Gasteiger partial charge in [-0.25, -0.2) is 0 Å². The molecule has 0 aliphatic heterocycles. The molecule has 0 saturated heterocycles. The third-order valence-corrected chi connectivity index (χ3v) is 2.98. The minimum absolute atomic E-state index is 0.00167. The molecule has 1 amide bonds. The second-order valence-corrected chi connectivity index (χ2v) is 5.04. The Hall–Kier alpha value is -2.30. The van der Waals surface area contributed by atoms with E-state index in [-0.39, 0.29) is 18.4 Å². The standard InChI is InChI=1S/C17H20N2O2/c1-13-7-8-16(15(10-13)6-4-5-9-20)17(21)19(3)12-14(2)11-18/h7-8,10,14,20H,5,9,12H2,1-3H3. The first kappa shape index (κ1) is 16.8. The Labute approximate surface area is 126 Å². The molecule has 0 saturated carbocycles. The molecule has 4 heteroatoms. The number of aliphatic hydroxyl groups is 1. The van der Waals surface area contributed by atoms with Crippen molar-refractivity contribution in [2.45, 2.75) is 20.3 Å². The van der Waals surface area contributed by atoms with Crippen LogP contribution in [0.25, 0.3) is 0 Å². The first-order valence-corrected chi connectivity index (χ1v) is 6.85. The van der Waals surface area contributed by atoms with Gasteiger partial charge < -0.3 is 10.0 Å². The molecular weight excluding hydrogens is 264 g/mol. The monoisotopic (exact) mass is 284 g/mol. The molecule has 1 rings (SSSR count). The fraction of sp³-hybridized carbons (Fsp3) is 0.412. The molecule has 110 valence electrons. The van der Waals surface area contributed by atoms with E-state index in [1.807, 2.05) is 19.1 Å². The van der Waals surface area contributed by atoms with E-state index in [1.54, 1.807) is 20.0 Å². The zero-order chi connectivity index (χ0) is 15.8. The largest absolute Gasteiger partial charge is 0.395 e. The maximum atomic E-state index is 12.5. The van der Waals surface area contributed by atoms with Crippen molar-refractivity contribution in [3.05, 3.63) is 34.9 Å². The van der Waals surface area contributed by atoms with Crippen LogP contribution < -0.4 is 0 Å². The van der Waals surface area contributed by atoms with Gasteiger partial charge in [-0.05, 0) is 31.5 Å². The quantitative estimate of drug-likeness (QED) is 0.860. The first-order valence-electron chi connectivity index (χ1n) is 6.85. The topological polar surface area (TPSA) is 64.3 Å². The van der Waals surface area contributed by atoms with E-state index >= 15 is 0 Å². The highest BCUT2D eigenvalue weighted by Crippen LogP contribution is 2.14. The van der Waals surface area contributed by atoms with Crippen LogP contribution in [-0.2, 0) is 0 Å². The van der Waals surface area contributed by atoms with Crippen LogP contribution in [0.5, 0.6) is 0 Å². The average molecular weight is 284 g/mol. The molecule has 0 aliphatic rings. The zero-order valence-electron chi connectivity index (χ0n) is 12.7. The highest BCUT2D eigenvalue weighted by molar-refractivity contribution is 5.96. The number of aliphatic hydroxyl groups excluding tert-OH is 1. The molecule has 0 aliphatic carbocycles. The molecule has 1 N–H and O–H groups in total. The Bertz CT molecular complexity index is 605. The minimum atomic E-state index is -0.215. The van der Waals surface area contributed by atoms with Crippen LogP contribution in [0, 0.1) is 36.0 Å². The molecule has 1 aromatic carbocycles. The fourth-order valence-electron chi connectivity index (χ4n) is 1.90. The maximum Gasteiger partial charge on any atom is 0.254 e. The number of carbonyl (C=O) groups excluding carboxylic acids is 1. The van der Waals surface area contributed by atoms with Gasteiger partial charge in [0.15, 0.2) is 0 Å². The molecule has 0 fully saturated rings. The normalized spacial score (nSPS) is 11.0. The predicted octanol–water partition coefficient (Wildman–Crippen LogP) is 1.96. The van der Waals surface area contributed by atoms with Gasteiger partial charge in [-0.1, -0.05) is 17.9 Å². The van der Waals surface area contributed by atoms with E-state index in [0.717, 1.165) is 5.56 Å². The third-order valence-electron chi connectivity index (χ3n) is 2.98. The summed E-state index contributed by atoms with van der Waals surface area (Å²) in [7, 11) is 1.68. The third kappa shape index (κ3) is 4.95. The van der Waals surface area contributed by atoms with Gasteiger partial charge >= 0.3 is 0 Å². The number of nitrogens with zero attached hydrogens (tertiary/aromatic N) is 2. The summed E-state index contributed by atoms with van der Waals surface area (Å²) in [6, 6.07) is 7.60. The number of amides is 1. The number of nitriles is 1. The number of aryl methyl sites for hydroxylation is 1. The minimum Gasteiger partial charge on any atom is -0.395 e. The zero-order valence-corrected chi connectivity index (χ0v) is 12.7. The molecule has 0 spiro atoms. The first-order chi connectivity index (χ1) is 9.99. The second-order valence-electron chi connectivity index (χ2n) is 5.04. The molecule has 0 aromatic heterocycles. The van der Waals surface area contributed by atoms with Crippen molar-refractivity contribution in [1.29, 1.82) is 5.26 Å². The number of rotatable bonds is 4. The molecule has 4 nitrogen and oxygen atoms in total. The average Bonchev–Trinajstić information content (AvgIpc) is 2.46. The number of carbonyl (C=O) groups is 1. The van der Waals surface area contributed by atoms with Crippen LogP contribution in [0.1, 0.15) is 34.8 Å². The van der Waals surface area contributed by atoms with Crippen LogP contribution in [0.4, 0.5) is 0 Å². The van der Waals surface area contributed by atoms with Crippen molar-refractivity contribution >= 4 is 5.91 Å². The molecule has 1 atom stereocenters. The van der Waals surface area contributed by atoms with Crippen molar-refractivity contribution in [1.82, 2.24) is 4.90 Å². The van der Waals surface area contributed by atoms with Crippen molar-refractivity contribution in [2.24, 2.45) is 5.92 Å². The Morgan fingerprint density at radius 3 is 2.81 bits per heavy atom. The van der Waals surface area contributed by atoms with E-state index in [2.05, 4.69) is 17.9 Å². The summed E-state index contributed by atoms with van der Waals surface area (Å²) in [5, 5.41) is 17.6. The van der Waals surface area contributed by atoms with Gasteiger partial charge in [0.2, 0.25) is 0 Å². The van der Waals surface area contributed by atoms with Crippen LogP contribution in [0.15, 0.2) is 18.2 Å². The highest BCUT2D eigenvalue weighted by atomic mass is 16.2. The molecule has 1 aromatic rings. The highest BCUT2D eigenvalue weighted by Gasteiger charge is 2.17. The molecule has 21 heavy (non-hydrogen) atoms. The van der Waals surface area contributed by atoms with Gasteiger partial charge in [0.1, 0.15) is 0 Å². The lowest BCUT2D eigenvalue weighted by Gasteiger charge is -2.19. The number of benzene rings is 1. The van der Waals surface area contributed by atoms with Crippen LogP contribution in [0.3, 0.4) is 0 Å². The molecular formula is C17H20N2O2. The number of hydrogen-bond donors (Lipinski definition) is 1. The summed E-state index contributed by atoms with van der Waals surface area (Å²) in [4.78, 5) is 14.0. The van der Waals surface area contributed by atoms with Crippen molar-refractivity contribution in [3.63, 3.8) is 0 Å². The van der Waals surface area contributed by atoms with Crippen molar-refractivity contribution < 1.29 is 9.90 Å². The van der Waals surface area contributed by atoms with Crippen LogP contribution in [-0.4, -0.2) is 36.1 Å². The smallest absolute Gasteiger partial charge is 0.254 e. The van der Waals surface area contributed by atoms with Crippen molar-refractivity contribution in [3.8, 4) is 17.9 Å². The Balaban J connectivity index is 3.04. The lowest BCUT2D eigenvalue weighted by atomic mass is 10.0. The summed E-state index contributed by atoms with van der Waals surface area (Å²) in [6.07, 6.45) is 0.378. The Morgan fingerprint density at radius 2 is 2.19 bits per heavy atom. The summed E-state index contributed by atoms with van der Waals surface area (Å²) < 4.78 is 0. The second kappa shape index (κ2) is 8.09. The number of hydrogen-bond acceptors (Lipinski definition) is 3. The van der Waals surface area contributed by atoms with Crippen LogP contribution >= 0.6 is 0 Å². The summed E-state index contributed by atoms with van der Waals surface area (Å²) in [5.41, 5.74) is 2.21.